The molecule has 0 amide bonds. The van der Waals surface area contributed by atoms with Crippen molar-refractivity contribution in [1.82, 2.24) is 0 Å². The Balaban J connectivity index is 0.00000169. The largest absolute Gasteiger partial charge is 0.294 e. The van der Waals surface area contributed by atoms with Gasteiger partial charge in [-0.15, -0.1) is 12.4 Å². The summed E-state index contributed by atoms with van der Waals surface area (Å²) in [6.45, 7) is 1.75. The third kappa shape index (κ3) is 2.81. The molecule has 0 aromatic heterocycles. The first kappa shape index (κ1) is 12.6. The van der Waals surface area contributed by atoms with Crippen molar-refractivity contribution in [2.75, 3.05) is 0 Å². The van der Waals surface area contributed by atoms with Crippen molar-refractivity contribution >= 4 is 23.9 Å². The lowest BCUT2D eigenvalue weighted by Gasteiger charge is -1.95. The summed E-state index contributed by atoms with van der Waals surface area (Å²) >= 11 is 0. The van der Waals surface area contributed by atoms with E-state index in [-0.39, 0.29) is 23.9 Å². The van der Waals surface area contributed by atoms with Crippen LogP contribution in [0.15, 0.2) is 24.3 Å². The Morgan fingerprint density at radius 2 is 1.86 bits per heavy atom. The van der Waals surface area contributed by atoms with Crippen molar-refractivity contribution in [3.63, 3.8) is 0 Å². The van der Waals surface area contributed by atoms with Crippen LogP contribution in [0.1, 0.15) is 23.7 Å². The zero-order chi connectivity index (χ0) is 9.84. The standard InChI is InChI=1S/C9H9NO3.ClH/c1-2-9(11)7-3-5-8(6-4-7)10(12)13;/h3-6H,2H2,1H3;1H. The normalized spacial score (nSPS) is 8.93. The minimum atomic E-state index is -0.486. The average Bonchev–Trinajstić information content (AvgIpc) is 2.17. The molecule has 0 unspecified atom stereocenters. The monoisotopic (exact) mass is 215 g/mol. The molecule has 5 heteroatoms. The quantitative estimate of drug-likeness (QED) is 0.442. The minimum Gasteiger partial charge on any atom is -0.294 e. The smallest absolute Gasteiger partial charge is 0.269 e. The fourth-order valence-electron chi connectivity index (χ4n) is 0.973. The number of rotatable bonds is 3. The number of nitro benzene ring substituents is 1. The van der Waals surface area contributed by atoms with Crippen LogP contribution in [0.2, 0.25) is 0 Å². The van der Waals surface area contributed by atoms with Crippen molar-refractivity contribution < 1.29 is 9.72 Å². The Bertz CT molecular complexity index is 334. The number of benzene rings is 1. The molecule has 0 saturated carbocycles. The number of carbonyl (C=O) groups excluding carboxylic acids is 1. The Morgan fingerprint density at radius 3 is 2.21 bits per heavy atom. The summed E-state index contributed by atoms with van der Waals surface area (Å²) in [5.41, 5.74) is 0.528. The number of Topliss-reactive ketones (excluding diaryl/α,β-unsaturated/α-hetero) is 1. The second kappa shape index (κ2) is 5.34. The van der Waals surface area contributed by atoms with Crippen LogP contribution in [-0.4, -0.2) is 10.7 Å². The van der Waals surface area contributed by atoms with E-state index in [0.717, 1.165) is 0 Å². The third-order valence-corrected chi connectivity index (χ3v) is 1.72. The van der Waals surface area contributed by atoms with Crippen molar-refractivity contribution in [1.29, 1.82) is 0 Å². The van der Waals surface area contributed by atoms with E-state index >= 15 is 0 Å². The first-order valence-electron chi connectivity index (χ1n) is 3.92. The van der Waals surface area contributed by atoms with E-state index in [4.69, 9.17) is 0 Å². The number of nitro groups is 1. The molecule has 0 bridgehead atoms. The van der Waals surface area contributed by atoms with Crippen molar-refractivity contribution in [3.8, 4) is 0 Å². The van der Waals surface area contributed by atoms with Gasteiger partial charge in [-0.05, 0) is 12.1 Å². The van der Waals surface area contributed by atoms with Crippen LogP contribution in [0.4, 0.5) is 5.69 Å². The zero-order valence-electron chi connectivity index (χ0n) is 7.60. The molecule has 14 heavy (non-hydrogen) atoms. The molecule has 0 spiro atoms. The minimum absolute atomic E-state index is 0. The molecule has 0 aliphatic rings. The number of hydrogen-bond donors (Lipinski definition) is 0. The van der Waals surface area contributed by atoms with Crippen LogP contribution < -0.4 is 0 Å². The number of halogens is 1. The molecular formula is C9H10ClNO3. The molecule has 0 radical (unpaired) electrons. The van der Waals surface area contributed by atoms with Crippen molar-refractivity contribution in [2.45, 2.75) is 13.3 Å². The van der Waals surface area contributed by atoms with E-state index in [0.29, 0.717) is 12.0 Å². The highest BCUT2D eigenvalue weighted by atomic mass is 35.5. The Kier molecular flexibility index (Phi) is 4.80. The van der Waals surface area contributed by atoms with Gasteiger partial charge in [-0.3, -0.25) is 14.9 Å². The summed E-state index contributed by atoms with van der Waals surface area (Å²) in [5, 5.41) is 10.3. The molecule has 0 heterocycles. The van der Waals surface area contributed by atoms with Gasteiger partial charge in [0.1, 0.15) is 0 Å². The molecule has 1 aromatic rings. The number of carbonyl (C=O) groups is 1. The summed E-state index contributed by atoms with van der Waals surface area (Å²) in [5.74, 6) is -0.00472. The van der Waals surface area contributed by atoms with Gasteiger partial charge >= 0.3 is 0 Å². The van der Waals surface area contributed by atoms with E-state index in [2.05, 4.69) is 0 Å². The van der Waals surface area contributed by atoms with Crippen LogP contribution in [0.25, 0.3) is 0 Å². The molecule has 1 aromatic carbocycles. The summed E-state index contributed by atoms with van der Waals surface area (Å²) in [7, 11) is 0. The average molecular weight is 216 g/mol. The summed E-state index contributed by atoms with van der Waals surface area (Å²) < 4.78 is 0. The van der Waals surface area contributed by atoms with E-state index in [1.165, 1.54) is 24.3 Å². The molecule has 76 valence electrons. The predicted molar refractivity (Wildman–Crippen MR) is 55.0 cm³/mol. The van der Waals surface area contributed by atoms with Gasteiger partial charge in [0, 0.05) is 24.1 Å². The van der Waals surface area contributed by atoms with Gasteiger partial charge in [0.25, 0.3) is 5.69 Å². The van der Waals surface area contributed by atoms with Crippen LogP contribution >= 0.6 is 12.4 Å². The topological polar surface area (TPSA) is 60.2 Å². The lowest BCUT2D eigenvalue weighted by Crippen LogP contribution is -1.96. The zero-order valence-corrected chi connectivity index (χ0v) is 8.41. The SMILES string of the molecule is CCC(=O)c1ccc([N+](=O)[O-])cc1.Cl. The fourth-order valence-corrected chi connectivity index (χ4v) is 0.973. The maximum atomic E-state index is 11.1. The molecular weight excluding hydrogens is 206 g/mol. The third-order valence-electron chi connectivity index (χ3n) is 1.72. The maximum Gasteiger partial charge on any atom is 0.269 e. The van der Waals surface area contributed by atoms with Gasteiger partial charge in [-0.25, -0.2) is 0 Å². The lowest BCUT2D eigenvalue weighted by molar-refractivity contribution is -0.384. The molecule has 0 aliphatic heterocycles. The van der Waals surface area contributed by atoms with E-state index in [1.54, 1.807) is 6.92 Å². The Labute approximate surface area is 87.5 Å². The fraction of sp³-hybridized carbons (Fsp3) is 0.222. The Hall–Kier alpha value is -1.42. The molecule has 0 saturated heterocycles. The second-order valence-corrected chi connectivity index (χ2v) is 2.58. The molecule has 0 aliphatic carbocycles. The van der Waals surface area contributed by atoms with Crippen LogP contribution in [0.5, 0.6) is 0 Å². The van der Waals surface area contributed by atoms with Crippen molar-refractivity contribution in [2.24, 2.45) is 0 Å². The van der Waals surface area contributed by atoms with Crippen LogP contribution in [0, 0.1) is 10.1 Å². The molecule has 0 atom stereocenters. The first-order chi connectivity index (χ1) is 6.15. The highest BCUT2D eigenvalue weighted by Gasteiger charge is 2.06. The lowest BCUT2D eigenvalue weighted by atomic mass is 10.1. The number of nitrogens with zero attached hydrogens (tertiary/aromatic N) is 1. The first-order valence-corrected chi connectivity index (χ1v) is 3.92. The molecule has 0 fully saturated rings. The van der Waals surface area contributed by atoms with E-state index in [9.17, 15) is 14.9 Å². The van der Waals surface area contributed by atoms with Gasteiger partial charge in [0.2, 0.25) is 0 Å². The predicted octanol–water partition coefficient (Wildman–Crippen LogP) is 2.61. The number of non-ortho nitro benzene ring substituents is 1. The Morgan fingerprint density at radius 1 is 1.36 bits per heavy atom. The van der Waals surface area contributed by atoms with Crippen LogP contribution in [0.3, 0.4) is 0 Å². The molecule has 4 nitrogen and oxygen atoms in total. The van der Waals surface area contributed by atoms with Gasteiger partial charge in [0.15, 0.2) is 5.78 Å². The summed E-state index contributed by atoms with van der Waals surface area (Å²) in [4.78, 5) is 20.9. The number of ketones is 1. The van der Waals surface area contributed by atoms with E-state index in [1.807, 2.05) is 0 Å². The molecule has 1 rings (SSSR count). The summed E-state index contributed by atoms with van der Waals surface area (Å²) in [6, 6.07) is 5.62. The summed E-state index contributed by atoms with van der Waals surface area (Å²) in [6.07, 6.45) is 0.414. The van der Waals surface area contributed by atoms with Crippen LogP contribution in [-0.2, 0) is 0 Å². The van der Waals surface area contributed by atoms with Gasteiger partial charge < -0.3 is 0 Å². The number of hydrogen-bond acceptors (Lipinski definition) is 3. The van der Waals surface area contributed by atoms with Crippen molar-refractivity contribution in [3.05, 3.63) is 39.9 Å². The highest BCUT2D eigenvalue weighted by molar-refractivity contribution is 5.95. The highest BCUT2D eigenvalue weighted by Crippen LogP contribution is 2.12. The maximum absolute atomic E-state index is 11.1. The second-order valence-electron chi connectivity index (χ2n) is 2.58. The van der Waals surface area contributed by atoms with E-state index < -0.39 is 4.92 Å². The molecule has 0 N–H and O–H groups in total. The van der Waals surface area contributed by atoms with Gasteiger partial charge in [-0.1, -0.05) is 6.92 Å². The van der Waals surface area contributed by atoms with Gasteiger partial charge in [0.05, 0.1) is 4.92 Å². The van der Waals surface area contributed by atoms with Gasteiger partial charge in [-0.2, -0.15) is 0 Å².